The molecule has 0 aliphatic rings. The molecule has 1 amide bonds. The molecular weight excluding hydrogens is 228 g/mol. The lowest BCUT2D eigenvalue weighted by Gasteiger charge is -2.22. The molecule has 5 nitrogen and oxygen atoms in total. The minimum atomic E-state index is -0.00667. The van der Waals surface area contributed by atoms with Crippen LogP contribution >= 0.6 is 0 Å². The van der Waals surface area contributed by atoms with Crippen LogP contribution in [0.1, 0.15) is 26.3 Å². The van der Waals surface area contributed by atoms with Crippen molar-refractivity contribution in [2.75, 3.05) is 23.7 Å². The molecule has 0 bridgehead atoms. The Hall–Kier alpha value is -1.78. The molecule has 0 aliphatic heterocycles. The van der Waals surface area contributed by atoms with Gasteiger partial charge in [-0.1, -0.05) is 0 Å². The van der Waals surface area contributed by atoms with Gasteiger partial charge in [-0.05, 0) is 33.3 Å². The number of anilines is 2. The quantitative estimate of drug-likeness (QED) is 0.827. The number of amides is 1. The summed E-state index contributed by atoms with van der Waals surface area (Å²) in [7, 11) is 0. The number of likely N-dealkylation sites (N-methyl/N-ethyl adjacent to an activating group) is 1. The first-order valence-corrected chi connectivity index (χ1v) is 6.20. The van der Waals surface area contributed by atoms with E-state index in [-0.39, 0.29) is 11.9 Å². The molecule has 1 rings (SSSR count). The first kappa shape index (κ1) is 14.3. The summed E-state index contributed by atoms with van der Waals surface area (Å²) in [6.07, 6.45) is 1.73. The lowest BCUT2D eigenvalue weighted by atomic mass is 10.2. The Bertz CT molecular complexity index is 417. The van der Waals surface area contributed by atoms with Gasteiger partial charge in [0.1, 0.15) is 5.82 Å². The van der Waals surface area contributed by atoms with Crippen molar-refractivity contribution in [2.24, 2.45) is 0 Å². The molecule has 0 aromatic carbocycles. The fraction of sp³-hybridized carbons (Fsp3) is 0.538. The van der Waals surface area contributed by atoms with Crippen molar-refractivity contribution in [3.63, 3.8) is 0 Å². The molecule has 0 saturated carbocycles. The number of hydrogen-bond donors (Lipinski definition) is 2. The predicted octanol–water partition coefficient (Wildman–Crippen LogP) is 1.32. The van der Waals surface area contributed by atoms with Crippen LogP contribution in [0.5, 0.6) is 0 Å². The predicted molar refractivity (Wildman–Crippen MR) is 74.6 cm³/mol. The summed E-state index contributed by atoms with van der Waals surface area (Å²) in [5.41, 5.74) is 7.50. The molecule has 0 saturated heterocycles. The van der Waals surface area contributed by atoms with Crippen molar-refractivity contribution in [1.82, 2.24) is 10.3 Å². The van der Waals surface area contributed by atoms with E-state index < -0.39 is 0 Å². The normalized spacial score (nSPS) is 10.5. The van der Waals surface area contributed by atoms with Crippen molar-refractivity contribution < 1.29 is 4.79 Å². The van der Waals surface area contributed by atoms with Gasteiger partial charge in [0.2, 0.25) is 5.91 Å². The number of nitrogens with two attached hydrogens (primary N) is 1. The first-order chi connectivity index (χ1) is 8.43. The second-order valence-electron chi connectivity index (χ2n) is 4.64. The number of pyridine rings is 1. The first-order valence-electron chi connectivity index (χ1n) is 6.20. The van der Waals surface area contributed by atoms with Crippen LogP contribution in [0, 0.1) is 6.92 Å². The average Bonchev–Trinajstić information content (AvgIpc) is 2.29. The molecule has 0 radical (unpaired) electrons. The third kappa shape index (κ3) is 3.91. The van der Waals surface area contributed by atoms with Gasteiger partial charge in [-0.15, -0.1) is 0 Å². The fourth-order valence-electron chi connectivity index (χ4n) is 1.60. The molecular formula is C13H22N4O. The Morgan fingerprint density at radius 2 is 2.22 bits per heavy atom. The maximum absolute atomic E-state index is 11.7. The van der Waals surface area contributed by atoms with Gasteiger partial charge in [0.05, 0.1) is 6.54 Å². The Kier molecular flexibility index (Phi) is 4.95. The van der Waals surface area contributed by atoms with Gasteiger partial charge in [0.25, 0.3) is 0 Å². The van der Waals surface area contributed by atoms with Crippen LogP contribution in [-0.4, -0.2) is 30.0 Å². The van der Waals surface area contributed by atoms with Crippen LogP contribution in [0.3, 0.4) is 0 Å². The third-order valence-electron chi connectivity index (χ3n) is 2.62. The number of nitrogens with one attached hydrogen (secondary N) is 1. The van der Waals surface area contributed by atoms with Crippen molar-refractivity contribution in [3.8, 4) is 0 Å². The van der Waals surface area contributed by atoms with E-state index in [9.17, 15) is 4.79 Å². The molecule has 1 aromatic rings. The maximum Gasteiger partial charge on any atom is 0.239 e. The number of carbonyl (C=O) groups excluding carboxylic acids is 1. The van der Waals surface area contributed by atoms with Crippen molar-refractivity contribution in [3.05, 3.63) is 17.8 Å². The summed E-state index contributed by atoms with van der Waals surface area (Å²) in [5.74, 6) is 0.729. The Labute approximate surface area is 108 Å². The maximum atomic E-state index is 11.7. The molecule has 0 spiro atoms. The molecule has 0 unspecified atom stereocenters. The van der Waals surface area contributed by atoms with Gasteiger partial charge >= 0.3 is 0 Å². The van der Waals surface area contributed by atoms with Gasteiger partial charge in [0, 0.05) is 30.5 Å². The summed E-state index contributed by atoms with van der Waals surface area (Å²) in [6, 6.07) is 1.95. The van der Waals surface area contributed by atoms with E-state index >= 15 is 0 Å². The second-order valence-corrected chi connectivity index (χ2v) is 4.64. The smallest absolute Gasteiger partial charge is 0.239 e. The molecule has 100 valence electrons. The van der Waals surface area contributed by atoms with E-state index in [2.05, 4.69) is 10.3 Å². The van der Waals surface area contributed by atoms with E-state index in [1.165, 1.54) is 0 Å². The summed E-state index contributed by atoms with van der Waals surface area (Å²) in [5, 5.41) is 2.86. The second kappa shape index (κ2) is 6.23. The summed E-state index contributed by atoms with van der Waals surface area (Å²) < 4.78 is 0. The summed E-state index contributed by atoms with van der Waals surface area (Å²) >= 11 is 0. The molecule has 18 heavy (non-hydrogen) atoms. The van der Waals surface area contributed by atoms with Crippen LogP contribution in [0.15, 0.2) is 12.3 Å². The minimum Gasteiger partial charge on any atom is -0.398 e. The van der Waals surface area contributed by atoms with Gasteiger partial charge < -0.3 is 16.0 Å². The molecule has 3 N–H and O–H groups in total. The minimum absolute atomic E-state index is 0.00667. The molecule has 1 aromatic heterocycles. The Balaban J connectivity index is 2.76. The van der Waals surface area contributed by atoms with Gasteiger partial charge in [-0.3, -0.25) is 4.79 Å². The fourth-order valence-corrected chi connectivity index (χ4v) is 1.60. The highest BCUT2D eigenvalue weighted by Crippen LogP contribution is 2.17. The van der Waals surface area contributed by atoms with E-state index in [0.29, 0.717) is 18.8 Å². The average molecular weight is 250 g/mol. The van der Waals surface area contributed by atoms with Gasteiger partial charge in [0.15, 0.2) is 0 Å². The van der Waals surface area contributed by atoms with Crippen LogP contribution in [0.2, 0.25) is 0 Å². The van der Waals surface area contributed by atoms with Gasteiger partial charge in [-0.25, -0.2) is 4.98 Å². The number of aryl methyl sites for hydroxylation is 1. The lowest BCUT2D eigenvalue weighted by molar-refractivity contribution is -0.120. The molecule has 1 heterocycles. The van der Waals surface area contributed by atoms with Crippen LogP contribution in [-0.2, 0) is 4.79 Å². The van der Waals surface area contributed by atoms with Crippen LogP contribution < -0.4 is 16.0 Å². The highest BCUT2D eigenvalue weighted by atomic mass is 16.2. The van der Waals surface area contributed by atoms with E-state index in [1.54, 1.807) is 6.20 Å². The van der Waals surface area contributed by atoms with Crippen LogP contribution in [0.4, 0.5) is 11.5 Å². The monoisotopic (exact) mass is 250 g/mol. The van der Waals surface area contributed by atoms with E-state index in [0.717, 1.165) is 11.4 Å². The van der Waals surface area contributed by atoms with E-state index in [4.69, 9.17) is 5.73 Å². The highest BCUT2D eigenvalue weighted by Gasteiger charge is 2.12. The highest BCUT2D eigenvalue weighted by molar-refractivity contribution is 5.81. The number of rotatable bonds is 5. The Morgan fingerprint density at radius 3 is 2.72 bits per heavy atom. The number of nitrogens with zero attached hydrogens (tertiary/aromatic N) is 2. The third-order valence-corrected chi connectivity index (χ3v) is 2.62. The molecule has 0 aliphatic carbocycles. The molecule has 5 heteroatoms. The number of aromatic nitrogens is 1. The zero-order valence-corrected chi connectivity index (χ0v) is 11.5. The Morgan fingerprint density at radius 1 is 1.56 bits per heavy atom. The van der Waals surface area contributed by atoms with E-state index in [1.807, 2.05) is 38.7 Å². The van der Waals surface area contributed by atoms with Crippen LogP contribution in [0.25, 0.3) is 0 Å². The lowest BCUT2D eigenvalue weighted by Crippen LogP contribution is -2.40. The topological polar surface area (TPSA) is 71.2 Å². The number of carbonyl (C=O) groups is 1. The summed E-state index contributed by atoms with van der Waals surface area (Å²) in [6.45, 7) is 8.78. The largest absolute Gasteiger partial charge is 0.398 e. The van der Waals surface area contributed by atoms with Crippen molar-refractivity contribution in [2.45, 2.75) is 33.7 Å². The molecule has 0 atom stereocenters. The standard InChI is InChI=1S/C13H22N4O/c1-5-17(8-13(18)16-9(2)3)12-6-11(14)10(4)7-15-12/h6-7,9H,5,8H2,1-4H3,(H2,14,15)(H,16,18). The van der Waals surface area contributed by atoms with Crippen molar-refractivity contribution >= 4 is 17.4 Å². The van der Waals surface area contributed by atoms with Crippen molar-refractivity contribution in [1.29, 1.82) is 0 Å². The van der Waals surface area contributed by atoms with Gasteiger partial charge in [-0.2, -0.15) is 0 Å². The number of nitrogen functional groups attached to an aromatic ring is 1. The zero-order chi connectivity index (χ0) is 13.7. The SMILES string of the molecule is CCN(CC(=O)NC(C)C)c1cc(N)c(C)cn1. The summed E-state index contributed by atoms with van der Waals surface area (Å²) in [4.78, 5) is 17.9. The number of hydrogen-bond acceptors (Lipinski definition) is 4. The zero-order valence-electron chi connectivity index (χ0n) is 11.5. The molecule has 0 fully saturated rings.